The first-order valence-electron chi connectivity index (χ1n) is 6.25. The number of H-pyrrole nitrogens is 1. The number of aromatic amines is 1. The zero-order valence-electron chi connectivity index (χ0n) is 10.6. The lowest BCUT2D eigenvalue weighted by Crippen LogP contribution is -2.13. The first-order valence-corrected chi connectivity index (χ1v) is 7.23. The summed E-state index contributed by atoms with van der Waals surface area (Å²) in [4.78, 5) is 20.4. The number of carbonyl (C=O) groups excluding carboxylic acids is 1. The average molecular weight is 274 g/mol. The van der Waals surface area contributed by atoms with E-state index in [1.807, 2.05) is 13.1 Å². The second kappa shape index (κ2) is 5.13. The van der Waals surface area contributed by atoms with E-state index in [1.165, 1.54) is 0 Å². The van der Waals surface area contributed by atoms with Crippen LogP contribution in [-0.4, -0.2) is 25.9 Å². The maximum absolute atomic E-state index is 11.7. The minimum absolute atomic E-state index is 0.169. The molecule has 2 aromatic rings. The molecule has 0 radical (unpaired) electrons. The van der Waals surface area contributed by atoms with Gasteiger partial charge in [0.1, 0.15) is 0 Å². The Morgan fingerprint density at radius 3 is 3.05 bits per heavy atom. The van der Waals surface area contributed by atoms with Gasteiger partial charge in [-0.1, -0.05) is 11.8 Å². The van der Waals surface area contributed by atoms with Gasteiger partial charge in [-0.05, 0) is 25.3 Å². The number of Topliss-reactive ketones (excluding diaryl/α,β-unsaturated/α-hetero) is 1. The van der Waals surface area contributed by atoms with Crippen LogP contribution in [0.1, 0.15) is 40.2 Å². The maximum atomic E-state index is 11.7. The third-order valence-electron chi connectivity index (χ3n) is 3.24. The molecule has 0 aliphatic heterocycles. The predicted molar refractivity (Wildman–Crippen MR) is 72.2 cm³/mol. The van der Waals surface area contributed by atoms with Crippen molar-refractivity contribution in [2.75, 3.05) is 0 Å². The van der Waals surface area contributed by atoms with E-state index in [0.717, 1.165) is 40.7 Å². The fourth-order valence-electron chi connectivity index (χ4n) is 2.10. The van der Waals surface area contributed by atoms with Gasteiger partial charge in [0.2, 0.25) is 0 Å². The summed E-state index contributed by atoms with van der Waals surface area (Å²) in [5, 5.41) is 7.68. The SMILES string of the molecule is Cc1cn[nH]c1CSc1ncc2c(n1)CCCC2=O. The number of nitrogens with zero attached hydrogens (tertiary/aromatic N) is 3. The van der Waals surface area contributed by atoms with Crippen LogP contribution in [0.25, 0.3) is 0 Å². The molecule has 0 unspecified atom stereocenters. The molecule has 19 heavy (non-hydrogen) atoms. The molecule has 1 N–H and O–H groups in total. The van der Waals surface area contributed by atoms with Crippen LogP contribution in [0.5, 0.6) is 0 Å². The van der Waals surface area contributed by atoms with Gasteiger partial charge in [-0.15, -0.1) is 0 Å². The number of ketones is 1. The molecule has 0 aromatic carbocycles. The normalized spacial score (nSPS) is 14.5. The summed E-state index contributed by atoms with van der Waals surface area (Å²) in [5.74, 6) is 0.931. The number of carbonyl (C=O) groups is 1. The Kier molecular flexibility index (Phi) is 3.33. The predicted octanol–water partition coefficient (Wildman–Crippen LogP) is 2.32. The van der Waals surface area contributed by atoms with Crippen LogP contribution in [-0.2, 0) is 12.2 Å². The Balaban J connectivity index is 1.76. The number of hydrogen-bond donors (Lipinski definition) is 1. The van der Waals surface area contributed by atoms with Crippen LogP contribution in [0, 0.1) is 6.92 Å². The van der Waals surface area contributed by atoms with Crippen molar-refractivity contribution >= 4 is 17.5 Å². The van der Waals surface area contributed by atoms with E-state index in [1.54, 1.807) is 18.0 Å². The highest BCUT2D eigenvalue weighted by Crippen LogP contribution is 2.24. The van der Waals surface area contributed by atoms with Crippen molar-refractivity contribution in [2.24, 2.45) is 0 Å². The molecule has 1 aliphatic rings. The second-order valence-corrected chi connectivity index (χ2v) is 5.55. The van der Waals surface area contributed by atoms with Crippen LogP contribution < -0.4 is 0 Å². The molecule has 3 rings (SSSR count). The van der Waals surface area contributed by atoms with E-state index in [9.17, 15) is 4.79 Å². The summed E-state index contributed by atoms with van der Waals surface area (Å²) in [6.45, 7) is 2.02. The number of aromatic nitrogens is 4. The molecule has 2 aromatic heterocycles. The van der Waals surface area contributed by atoms with Crippen LogP contribution in [0.3, 0.4) is 0 Å². The molecule has 0 spiro atoms. The van der Waals surface area contributed by atoms with Crippen molar-refractivity contribution in [3.05, 3.63) is 34.9 Å². The van der Waals surface area contributed by atoms with Gasteiger partial charge < -0.3 is 0 Å². The smallest absolute Gasteiger partial charge is 0.188 e. The van der Waals surface area contributed by atoms with Gasteiger partial charge in [-0.25, -0.2) is 9.97 Å². The van der Waals surface area contributed by atoms with Gasteiger partial charge in [0, 0.05) is 24.1 Å². The Hall–Kier alpha value is -1.69. The Labute approximate surface area is 115 Å². The topological polar surface area (TPSA) is 71.5 Å². The van der Waals surface area contributed by atoms with E-state index in [-0.39, 0.29) is 5.78 Å². The summed E-state index contributed by atoms with van der Waals surface area (Å²) < 4.78 is 0. The lowest BCUT2D eigenvalue weighted by molar-refractivity contribution is 0.0970. The summed E-state index contributed by atoms with van der Waals surface area (Å²) >= 11 is 1.56. The zero-order valence-corrected chi connectivity index (χ0v) is 11.5. The number of nitrogens with one attached hydrogen (secondary N) is 1. The first kappa shape index (κ1) is 12.3. The van der Waals surface area contributed by atoms with Gasteiger partial charge in [0.05, 0.1) is 17.5 Å². The van der Waals surface area contributed by atoms with Gasteiger partial charge in [0.15, 0.2) is 10.9 Å². The van der Waals surface area contributed by atoms with Crippen LogP contribution in [0.4, 0.5) is 0 Å². The molecule has 0 saturated carbocycles. The summed E-state index contributed by atoms with van der Waals surface area (Å²) in [5.41, 5.74) is 3.83. The quantitative estimate of drug-likeness (QED) is 0.687. The number of aryl methyl sites for hydroxylation is 2. The number of rotatable bonds is 3. The van der Waals surface area contributed by atoms with Crippen LogP contribution >= 0.6 is 11.8 Å². The molecule has 0 saturated heterocycles. The van der Waals surface area contributed by atoms with E-state index in [4.69, 9.17) is 0 Å². The largest absolute Gasteiger partial charge is 0.294 e. The molecule has 2 heterocycles. The number of hydrogen-bond acceptors (Lipinski definition) is 5. The van der Waals surface area contributed by atoms with Crippen LogP contribution in [0.2, 0.25) is 0 Å². The molecule has 0 bridgehead atoms. The van der Waals surface area contributed by atoms with Crippen molar-refractivity contribution in [1.82, 2.24) is 20.2 Å². The zero-order chi connectivity index (χ0) is 13.2. The molecule has 0 atom stereocenters. The summed E-state index contributed by atoms with van der Waals surface area (Å²) in [6.07, 6.45) is 5.87. The summed E-state index contributed by atoms with van der Waals surface area (Å²) in [7, 11) is 0. The molecule has 0 fully saturated rings. The highest BCUT2D eigenvalue weighted by molar-refractivity contribution is 7.98. The minimum atomic E-state index is 0.169. The maximum Gasteiger partial charge on any atom is 0.188 e. The second-order valence-electron chi connectivity index (χ2n) is 4.61. The Morgan fingerprint density at radius 2 is 2.26 bits per heavy atom. The van der Waals surface area contributed by atoms with E-state index in [0.29, 0.717) is 12.0 Å². The van der Waals surface area contributed by atoms with Gasteiger partial charge in [-0.2, -0.15) is 5.10 Å². The Morgan fingerprint density at radius 1 is 1.37 bits per heavy atom. The number of thioether (sulfide) groups is 1. The molecule has 0 amide bonds. The summed E-state index contributed by atoms with van der Waals surface area (Å²) in [6, 6.07) is 0. The van der Waals surface area contributed by atoms with E-state index < -0.39 is 0 Å². The standard InChI is InChI=1S/C13H14N4OS/c1-8-5-15-17-11(8)7-19-13-14-6-9-10(16-13)3-2-4-12(9)18/h5-6H,2-4,7H2,1H3,(H,15,17). The van der Waals surface area contributed by atoms with E-state index >= 15 is 0 Å². The highest BCUT2D eigenvalue weighted by atomic mass is 32.2. The van der Waals surface area contributed by atoms with Crippen molar-refractivity contribution < 1.29 is 4.79 Å². The molecular formula is C13H14N4OS. The highest BCUT2D eigenvalue weighted by Gasteiger charge is 2.19. The lowest BCUT2D eigenvalue weighted by Gasteiger charge is -2.13. The number of fused-ring (bicyclic) bond motifs is 1. The first-order chi connectivity index (χ1) is 9.24. The van der Waals surface area contributed by atoms with Crippen molar-refractivity contribution in [1.29, 1.82) is 0 Å². The molecular weight excluding hydrogens is 260 g/mol. The molecule has 98 valence electrons. The molecule has 6 heteroatoms. The van der Waals surface area contributed by atoms with Gasteiger partial charge in [-0.3, -0.25) is 9.89 Å². The third kappa shape index (κ3) is 2.53. The molecule has 1 aliphatic carbocycles. The average Bonchev–Trinajstić information content (AvgIpc) is 2.82. The fraction of sp³-hybridized carbons (Fsp3) is 0.385. The van der Waals surface area contributed by atoms with Crippen LogP contribution in [0.15, 0.2) is 17.6 Å². The minimum Gasteiger partial charge on any atom is -0.294 e. The third-order valence-corrected chi connectivity index (χ3v) is 4.13. The van der Waals surface area contributed by atoms with Crippen molar-refractivity contribution in [3.8, 4) is 0 Å². The lowest BCUT2D eigenvalue weighted by atomic mass is 9.96. The van der Waals surface area contributed by atoms with E-state index in [2.05, 4.69) is 20.2 Å². The fourth-order valence-corrected chi connectivity index (χ4v) is 2.97. The van der Waals surface area contributed by atoms with Crippen molar-refractivity contribution in [2.45, 2.75) is 37.1 Å². The van der Waals surface area contributed by atoms with Gasteiger partial charge in [0.25, 0.3) is 0 Å². The van der Waals surface area contributed by atoms with Gasteiger partial charge >= 0.3 is 0 Å². The molecule has 5 nitrogen and oxygen atoms in total. The van der Waals surface area contributed by atoms with Crippen molar-refractivity contribution in [3.63, 3.8) is 0 Å². The Bertz CT molecular complexity index is 623. The monoisotopic (exact) mass is 274 g/mol.